The number of aryl methyl sites for hydroxylation is 2. The Kier molecular flexibility index (Phi) is 7.02. The van der Waals surface area contributed by atoms with Crippen LogP contribution in [-0.4, -0.2) is 30.1 Å². The van der Waals surface area contributed by atoms with Gasteiger partial charge in [-0.25, -0.2) is 4.79 Å². The Balaban J connectivity index is 2.18. The molecule has 2 atom stereocenters. The van der Waals surface area contributed by atoms with Gasteiger partial charge in [0.15, 0.2) is 6.10 Å². The quantitative estimate of drug-likeness (QED) is 0.719. The molecule has 2 rings (SSSR count). The van der Waals surface area contributed by atoms with Crippen molar-refractivity contribution in [2.75, 3.05) is 7.11 Å². The normalized spacial score (nSPS) is 13.5. The molecule has 0 unspecified atom stereocenters. The molecule has 0 saturated carbocycles. The third-order valence-electron chi connectivity index (χ3n) is 4.66. The maximum Gasteiger partial charge on any atom is 0.416 e. The topological polar surface area (TPSA) is 75.6 Å². The third kappa shape index (κ3) is 5.57. The van der Waals surface area contributed by atoms with E-state index in [9.17, 15) is 27.9 Å². The summed E-state index contributed by atoms with van der Waals surface area (Å²) in [6, 6.07) is 8.15. The largest absolute Gasteiger partial charge is 0.467 e. The highest BCUT2D eigenvalue weighted by molar-refractivity contribution is 5.87. The van der Waals surface area contributed by atoms with Gasteiger partial charge in [0.25, 0.3) is 5.91 Å². The number of methoxy groups -OCH3 is 1. The van der Waals surface area contributed by atoms with Crippen LogP contribution in [0.15, 0.2) is 42.5 Å². The number of alkyl halides is 3. The van der Waals surface area contributed by atoms with E-state index in [1.807, 2.05) is 32.0 Å². The lowest BCUT2D eigenvalue weighted by molar-refractivity contribution is -0.146. The number of benzene rings is 2. The van der Waals surface area contributed by atoms with Crippen LogP contribution < -0.4 is 5.32 Å². The van der Waals surface area contributed by atoms with E-state index in [-0.39, 0.29) is 12.0 Å². The summed E-state index contributed by atoms with van der Waals surface area (Å²) < 4.78 is 42.7. The molecular formula is C21H22F3NO4. The number of aliphatic hydroxyl groups is 1. The summed E-state index contributed by atoms with van der Waals surface area (Å²) in [7, 11) is 1.18. The molecule has 0 heterocycles. The Morgan fingerprint density at radius 2 is 1.62 bits per heavy atom. The van der Waals surface area contributed by atoms with Gasteiger partial charge >= 0.3 is 12.1 Å². The Morgan fingerprint density at radius 1 is 1.07 bits per heavy atom. The number of hydrogen-bond acceptors (Lipinski definition) is 4. The van der Waals surface area contributed by atoms with E-state index in [0.29, 0.717) is 0 Å². The molecule has 2 N–H and O–H groups in total. The molecule has 0 aliphatic carbocycles. The van der Waals surface area contributed by atoms with Gasteiger partial charge in [-0.2, -0.15) is 13.2 Å². The number of hydrogen-bond donors (Lipinski definition) is 2. The zero-order valence-electron chi connectivity index (χ0n) is 16.2. The Morgan fingerprint density at radius 3 is 2.10 bits per heavy atom. The van der Waals surface area contributed by atoms with Gasteiger partial charge in [0.2, 0.25) is 0 Å². The van der Waals surface area contributed by atoms with Crippen molar-refractivity contribution in [3.63, 3.8) is 0 Å². The van der Waals surface area contributed by atoms with Crippen molar-refractivity contribution in [1.29, 1.82) is 0 Å². The number of halogens is 3. The van der Waals surface area contributed by atoms with E-state index in [4.69, 9.17) is 4.74 Å². The van der Waals surface area contributed by atoms with Crippen LogP contribution in [0.1, 0.15) is 33.9 Å². The Labute approximate surface area is 166 Å². The lowest BCUT2D eigenvalue weighted by Crippen LogP contribution is -2.45. The summed E-state index contributed by atoms with van der Waals surface area (Å²) in [4.78, 5) is 24.6. The van der Waals surface area contributed by atoms with Crippen molar-refractivity contribution in [2.45, 2.75) is 38.6 Å². The predicted octanol–water partition coefficient (Wildman–Crippen LogP) is 3.26. The molecule has 0 aliphatic rings. The smallest absolute Gasteiger partial charge is 0.416 e. The molecule has 8 heteroatoms. The maximum atomic E-state index is 12.7. The number of aliphatic hydroxyl groups excluding tert-OH is 1. The summed E-state index contributed by atoms with van der Waals surface area (Å²) >= 11 is 0. The SMILES string of the molecule is COC(=O)[C@@H](Cc1c(C)cccc1C)NC(=O)[C@H](O)c1ccc(C(F)(F)F)cc1. The first-order chi connectivity index (χ1) is 13.5. The van der Waals surface area contributed by atoms with Gasteiger partial charge in [0.1, 0.15) is 6.04 Å². The van der Waals surface area contributed by atoms with Gasteiger partial charge < -0.3 is 15.2 Å². The second-order valence-electron chi connectivity index (χ2n) is 6.68. The molecular weight excluding hydrogens is 387 g/mol. The van der Waals surface area contributed by atoms with E-state index >= 15 is 0 Å². The standard InChI is InChI=1S/C21H22F3NO4/c1-12-5-4-6-13(2)16(12)11-17(20(28)29-3)25-19(27)18(26)14-7-9-15(10-8-14)21(22,23)24/h4-10,17-18,26H,11H2,1-3H3,(H,25,27)/t17-,18-/m1/s1. The zero-order valence-corrected chi connectivity index (χ0v) is 16.2. The van der Waals surface area contributed by atoms with Crippen molar-refractivity contribution in [3.05, 3.63) is 70.3 Å². The van der Waals surface area contributed by atoms with Crippen LogP contribution in [0.25, 0.3) is 0 Å². The average Bonchev–Trinajstić information content (AvgIpc) is 2.68. The minimum atomic E-state index is -4.52. The number of rotatable bonds is 6. The van der Waals surface area contributed by atoms with Gasteiger partial charge in [-0.15, -0.1) is 0 Å². The first-order valence-electron chi connectivity index (χ1n) is 8.83. The van der Waals surface area contributed by atoms with E-state index < -0.39 is 35.8 Å². The van der Waals surface area contributed by atoms with Crippen molar-refractivity contribution in [3.8, 4) is 0 Å². The van der Waals surface area contributed by atoms with Crippen molar-refractivity contribution < 1.29 is 32.6 Å². The van der Waals surface area contributed by atoms with Crippen LogP contribution in [-0.2, 0) is 26.9 Å². The summed E-state index contributed by atoms with van der Waals surface area (Å²) in [6.45, 7) is 3.74. The highest BCUT2D eigenvalue weighted by Crippen LogP contribution is 2.30. The number of ether oxygens (including phenoxy) is 1. The van der Waals surface area contributed by atoms with Gasteiger partial charge in [-0.1, -0.05) is 30.3 Å². The number of nitrogens with one attached hydrogen (secondary N) is 1. The average molecular weight is 409 g/mol. The first kappa shape index (κ1) is 22.4. The van der Waals surface area contributed by atoms with Gasteiger partial charge in [0.05, 0.1) is 12.7 Å². The fourth-order valence-corrected chi connectivity index (χ4v) is 2.97. The molecule has 5 nitrogen and oxygen atoms in total. The maximum absolute atomic E-state index is 12.7. The highest BCUT2D eigenvalue weighted by atomic mass is 19.4. The fraction of sp³-hybridized carbons (Fsp3) is 0.333. The van der Waals surface area contributed by atoms with Crippen molar-refractivity contribution >= 4 is 11.9 Å². The van der Waals surface area contributed by atoms with Crippen LogP contribution >= 0.6 is 0 Å². The monoisotopic (exact) mass is 409 g/mol. The summed E-state index contributed by atoms with van der Waals surface area (Å²) in [5.41, 5.74) is 1.79. The molecule has 29 heavy (non-hydrogen) atoms. The van der Waals surface area contributed by atoms with Gasteiger partial charge in [0, 0.05) is 6.42 Å². The van der Waals surface area contributed by atoms with Crippen LogP contribution in [0.3, 0.4) is 0 Å². The first-order valence-corrected chi connectivity index (χ1v) is 8.83. The molecule has 1 amide bonds. The lowest BCUT2D eigenvalue weighted by Gasteiger charge is -2.21. The molecule has 0 saturated heterocycles. The second kappa shape index (κ2) is 9.09. The Hall–Kier alpha value is -2.87. The summed E-state index contributed by atoms with van der Waals surface area (Å²) in [6.07, 6.45) is -6.11. The van der Waals surface area contributed by atoms with Crippen molar-refractivity contribution in [2.24, 2.45) is 0 Å². The van der Waals surface area contributed by atoms with Crippen LogP contribution in [0, 0.1) is 13.8 Å². The van der Waals surface area contributed by atoms with E-state index in [1.165, 1.54) is 7.11 Å². The second-order valence-corrected chi connectivity index (χ2v) is 6.68. The van der Waals surface area contributed by atoms with E-state index in [2.05, 4.69) is 5.32 Å². The van der Waals surface area contributed by atoms with E-state index in [1.54, 1.807) is 0 Å². The van der Waals surface area contributed by atoms with Crippen LogP contribution in [0.5, 0.6) is 0 Å². The molecule has 0 radical (unpaired) electrons. The molecule has 0 aromatic heterocycles. The minimum Gasteiger partial charge on any atom is -0.467 e. The molecule has 0 fully saturated rings. The third-order valence-corrected chi connectivity index (χ3v) is 4.66. The molecule has 0 spiro atoms. The van der Waals surface area contributed by atoms with Crippen molar-refractivity contribution in [1.82, 2.24) is 5.32 Å². The molecule has 2 aromatic rings. The van der Waals surface area contributed by atoms with Gasteiger partial charge in [-0.3, -0.25) is 4.79 Å². The van der Waals surface area contributed by atoms with E-state index in [0.717, 1.165) is 41.0 Å². The predicted molar refractivity (Wildman–Crippen MR) is 100.0 cm³/mol. The molecule has 0 aliphatic heterocycles. The zero-order chi connectivity index (χ0) is 21.8. The molecule has 2 aromatic carbocycles. The summed E-state index contributed by atoms with van der Waals surface area (Å²) in [5.74, 6) is -1.60. The van der Waals surface area contributed by atoms with Gasteiger partial charge in [-0.05, 0) is 48.2 Å². The lowest BCUT2D eigenvalue weighted by atomic mass is 9.96. The highest BCUT2D eigenvalue weighted by Gasteiger charge is 2.31. The number of carbonyl (C=O) groups excluding carboxylic acids is 2. The summed E-state index contributed by atoms with van der Waals surface area (Å²) in [5, 5.41) is 12.6. The number of carbonyl (C=O) groups is 2. The fourth-order valence-electron chi connectivity index (χ4n) is 2.97. The molecule has 0 bridgehead atoms. The Bertz CT molecular complexity index is 858. The molecule has 156 valence electrons. The minimum absolute atomic E-state index is 0.0220. The number of amides is 1. The van der Waals surface area contributed by atoms with Crippen LogP contribution in [0.2, 0.25) is 0 Å². The number of esters is 1. The van der Waals surface area contributed by atoms with Crippen LogP contribution in [0.4, 0.5) is 13.2 Å².